The molecule has 0 aliphatic heterocycles. The number of rotatable bonds is 9. The first kappa shape index (κ1) is 22.2. The number of aromatic nitrogens is 1. The van der Waals surface area contributed by atoms with Crippen LogP contribution < -0.4 is 20.1 Å². The molecule has 2 unspecified atom stereocenters. The summed E-state index contributed by atoms with van der Waals surface area (Å²) < 4.78 is 16.4. The van der Waals surface area contributed by atoms with Crippen LogP contribution in [0.4, 0.5) is 5.13 Å². The molecule has 4 rings (SSSR count). The van der Waals surface area contributed by atoms with E-state index in [1.807, 2.05) is 30.3 Å². The highest BCUT2D eigenvalue weighted by molar-refractivity contribution is 7.17. The van der Waals surface area contributed by atoms with E-state index < -0.39 is 0 Å². The maximum Gasteiger partial charge on any atom is 0.263 e. The minimum atomic E-state index is -0.183. The van der Waals surface area contributed by atoms with Gasteiger partial charge in [0, 0.05) is 6.04 Å². The fourth-order valence-corrected chi connectivity index (χ4v) is 4.81. The third kappa shape index (κ3) is 5.62. The van der Waals surface area contributed by atoms with E-state index in [9.17, 15) is 4.79 Å². The van der Waals surface area contributed by atoms with Crippen molar-refractivity contribution in [1.29, 1.82) is 0 Å². The lowest BCUT2D eigenvalue weighted by Crippen LogP contribution is -2.30. The van der Waals surface area contributed by atoms with E-state index in [4.69, 9.17) is 18.9 Å². The summed E-state index contributed by atoms with van der Waals surface area (Å²) in [7, 11) is 1.63. The highest BCUT2D eigenvalue weighted by Crippen LogP contribution is 2.31. The van der Waals surface area contributed by atoms with Crippen LogP contribution >= 0.6 is 11.3 Å². The van der Waals surface area contributed by atoms with Gasteiger partial charge in [-0.25, -0.2) is 4.98 Å². The lowest BCUT2D eigenvalue weighted by atomic mass is 9.86. The van der Waals surface area contributed by atoms with Gasteiger partial charge in [0.25, 0.3) is 5.91 Å². The van der Waals surface area contributed by atoms with Crippen LogP contribution in [-0.2, 0) is 13.2 Å². The molecule has 0 bridgehead atoms. The van der Waals surface area contributed by atoms with Crippen LogP contribution in [0.3, 0.4) is 0 Å². The number of ether oxygens (including phenoxy) is 2. The monoisotopic (exact) mass is 455 g/mol. The summed E-state index contributed by atoms with van der Waals surface area (Å²) in [4.78, 5) is 18.2. The number of furan rings is 1. The Kier molecular flexibility index (Phi) is 7.32. The summed E-state index contributed by atoms with van der Waals surface area (Å²) in [6.07, 6.45) is 6.43. The number of hydrogen-bond acceptors (Lipinski definition) is 7. The first-order chi connectivity index (χ1) is 15.6. The molecule has 8 heteroatoms. The number of hydrogen-bond donors (Lipinski definition) is 2. The van der Waals surface area contributed by atoms with Gasteiger partial charge in [-0.2, -0.15) is 0 Å². The first-order valence-corrected chi connectivity index (χ1v) is 11.8. The van der Waals surface area contributed by atoms with Gasteiger partial charge in [0.15, 0.2) is 5.13 Å². The molecule has 3 aromatic rings. The van der Waals surface area contributed by atoms with E-state index in [1.165, 1.54) is 30.6 Å². The molecular weight excluding hydrogens is 426 g/mol. The molecule has 0 radical (unpaired) electrons. The number of anilines is 1. The Morgan fingerprint density at radius 1 is 1.19 bits per heavy atom. The molecule has 0 spiro atoms. The Labute approximate surface area is 192 Å². The molecule has 1 fully saturated rings. The van der Waals surface area contributed by atoms with Gasteiger partial charge in [0.2, 0.25) is 0 Å². The Morgan fingerprint density at radius 2 is 1.97 bits per heavy atom. The zero-order valence-corrected chi connectivity index (χ0v) is 19.2. The van der Waals surface area contributed by atoms with Gasteiger partial charge in [-0.05, 0) is 55.2 Å². The Morgan fingerprint density at radius 3 is 2.69 bits per heavy atom. The number of carbonyl (C=O) groups excluding carboxylic acids is 1. The normalized spacial score (nSPS) is 18.2. The molecule has 1 aliphatic carbocycles. The second-order valence-corrected chi connectivity index (χ2v) is 9.03. The smallest absolute Gasteiger partial charge is 0.263 e. The summed E-state index contributed by atoms with van der Waals surface area (Å²) in [6.45, 7) is 2.80. The van der Waals surface area contributed by atoms with Crippen molar-refractivity contribution in [2.45, 2.75) is 51.8 Å². The molecule has 2 atom stereocenters. The van der Waals surface area contributed by atoms with E-state index in [-0.39, 0.29) is 12.5 Å². The van der Waals surface area contributed by atoms with Crippen LogP contribution in [0, 0.1) is 5.92 Å². The van der Waals surface area contributed by atoms with E-state index >= 15 is 0 Å². The lowest BCUT2D eigenvalue weighted by Gasteiger charge is -2.29. The summed E-state index contributed by atoms with van der Waals surface area (Å²) in [6, 6.07) is 11.4. The van der Waals surface area contributed by atoms with Crippen LogP contribution in [-0.4, -0.2) is 24.0 Å². The molecule has 2 heterocycles. The van der Waals surface area contributed by atoms with Crippen molar-refractivity contribution in [2.75, 3.05) is 12.4 Å². The topological polar surface area (TPSA) is 85.6 Å². The third-order valence-corrected chi connectivity index (χ3v) is 6.79. The van der Waals surface area contributed by atoms with Gasteiger partial charge in [-0.3, -0.25) is 4.79 Å². The fraction of sp³-hybridized carbons (Fsp3) is 0.417. The van der Waals surface area contributed by atoms with Crippen LogP contribution in [0.25, 0.3) is 0 Å². The van der Waals surface area contributed by atoms with Crippen molar-refractivity contribution in [3.05, 3.63) is 59.0 Å². The molecule has 1 aromatic carbocycles. The second kappa shape index (κ2) is 10.5. The maximum atomic E-state index is 12.9. The standard InChI is InChI=1S/C24H29N3O4S/c1-16-6-3-4-8-20(16)26-24-27-21(15-31-18-11-9-17(29-2)10-12-18)22(32-24)23(28)25-14-19-7-5-13-30-19/h5,7,9-13,16,20H,3-4,6,8,14-15H2,1-2H3,(H,25,28)(H,26,27). The van der Waals surface area contributed by atoms with E-state index in [2.05, 4.69) is 17.6 Å². The summed E-state index contributed by atoms with van der Waals surface area (Å²) in [5, 5.41) is 7.25. The number of methoxy groups -OCH3 is 1. The highest BCUT2D eigenvalue weighted by Gasteiger charge is 2.24. The summed E-state index contributed by atoms with van der Waals surface area (Å²) >= 11 is 1.38. The van der Waals surface area contributed by atoms with Crippen molar-refractivity contribution in [2.24, 2.45) is 5.92 Å². The molecule has 7 nitrogen and oxygen atoms in total. The molecule has 2 aromatic heterocycles. The zero-order valence-electron chi connectivity index (χ0n) is 18.4. The van der Waals surface area contributed by atoms with Crippen LogP contribution in [0.2, 0.25) is 0 Å². The Bertz CT molecular complexity index is 1000. The summed E-state index contributed by atoms with van der Waals surface area (Å²) in [5.41, 5.74) is 0.619. The Balaban J connectivity index is 1.48. The summed E-state index contributed by atoms with van der Waals surface area (Å²) in [5.74, 6) is 2.56. The van der Waals surface area contributed by atoms with Gasteiger partial charge in [-0.1, -0.05) is 31.1 Å². The molecule has 32 heavy (non-hydrogen) atoms. The van der Waals surface area contributed by atoms with Gasteiger partial charge in [0.05, 0.1) is 19.9 Å². The van der Waals surface area contributed by atoms with Gasteiger partial charge in [0.1, 0.15) is 34.4 Å². The molecule has 0 saturated heterocycles. The van der Waals surface area contributed by atoms with Gasteiger partial charge >= 0.3 is 0 Å². The lowest BCUT2D eigenvalue weighted by molar-refractivity contribution is 0.0949. The van der Waals surface area contributed by atoms with E-state index in [0.29, 0.717) is 40.6 Å². The van der Waals surface area contributed by atoms with Crippen molar-refractivity contribution in [3.63, 3.8) is 0 Å². The van der Waals surface area contributed by atoms with Crippen molar-refractivity contribution < 1.29 is 18.7 Å². The predicted molar refractivity (Wildman–Crippen MR) is 124 cm³/mol. The van der Waals surface area contributed by atoms with Crippen molar-refractivity contribution in [3.8, 4) is 11.5 Å². The second-order valence-electron chi connectivity index (χ2n) is 8.03. The van der Waals surface area contributed by atoms with E-state index in [1.54, 1.807) is 19.4 Å². The van der Waals surface area contributed by atoms with Crippen molar-refractivity contribution in [1.82, 2.24) is 10.3 Å². The number of nitrogens with one attached hydrogen (secondary N) is 2. The quantitative estimate of drug-likeness (QED) is 0.459. The molecule has 170 valence electrons. The highest BCUT2D eigenvalue weighted by atomic mass is 32.1. The number of amides is 1. The van der Waals surface area contributed by atoms with Gasteiger partial charge < -0.3 is 24.5 Å². The molecule has 1 saturated carbocycles. The van der Waals surface area contributed by atoms with Crippen LogP contribution in [0.1, 0.15) is 53.7 Å². The predicted octanol–water partition coefficient (Wildman–Crippen LogP) is 5.24. The van der Waals surface area contributed by atoms with E-state index in [0.717, 1.165) is 17.3 Å². The maximum absolute atomic E-state index is 12.9. The molecule has 2 N–H and O–H groups in total. The Hall–Kier alpha value is -3.00. The van der Waals surface area contributed by atoms with Crippen LogP contribution in [0.5, 0.6) is 11.5 Å². The number of carbonyl (C=O) groups is 1. The van der Waals surface area contributed by atoms with Gasteiger partial charge in [-0.15, -0.1) is 0 Å². The van der Waals surface area contributed by atoms with Crippen molar-refractivity contribution >= 4 is 22.4 Å². The van der Waals surface area contributed by atoms with Crippen LogP contribution in [0.15, 0.2) is 47.1 Å². The minimum Gasteiger partial charge on any atom is -0.497 e. The fourth-order valence-electron chi connectivity index (χ4n) is 3.86. The first-order valence-electron chi connectivity index (χ1n) is 11.0. The average molecular weight is 456 g/mol. The largest absolute Gasteiger partial charge is 0.497 e. The average Bonchev–Trinajstić information content (AvgIpc) is 3.48. The third-order valence-electron chi connectivity index (χ3n) is 5.76. The number of thiazole rings is 1. The SMILES string of the molecule is COc1ccc(OCc2nc(NC3CCCCC3C)sc2C(=O)NCc2ccco2)cc1. The minimum absolute atomic E-state index is 0.183. The zero-order chi connectivity index (χ0) is 22.3. The molecule has 1 amide bonds. The number of nitrogens with zero attached hydrogens (tertiary/aromatic N) is 1. The molecular formula is C24H29N3O4S. The molecule has 1 aliphatic rings. The number of benzene rings is 1.